The van der Waals surface area contributed by atoms with Crippen LogP contribution in [0.3, 0.4) is 0 Å². The van der Waals surface area contributed by atoms with Gasteiger partial charge in [-0.1, -0.05) is 30.3 Å². The molecule has 0 aliphatic heterocycles. The summed E-state index contributed by atoms with van der Waals surface area (Å²) in [5.74, 6) is -1.55. The predicted molar refractivity (Wildman–Crippen MR) is 94.2 cm³/mol. The zero-order valence-electron chi connectivity index (χ0n) is 13.7. The minimum absolute atomic E-state index is 0.0561. The lowest BCUT2D eigenvalue weighted by molar-refractivity contribution is 0.0949. The van der Waals surface area contributed by atoms with E-state index < -0.39 is 11.6 Å². The second-order valence-electron chi connectivity index (χ2n) is 5.53. The maximum atomic E-state index is 13.7. The number of nitrogens with zero attached hydrogens (tertiary/aromatic N) is 2. The summed E-state index contributed by atoms with van der Waals surface area (Å²) >= 11 is 0. The van der Waals surface area contributed by atoms with E-state index in [0.717, 1.165) is 17.7 Å². The Morgan fingerprint density at radius 2 is 1.81 bits per heavy atom. The van der Waals surface area contributed by atoms with Crippen LogP contribution in [-0.2, 0) is 6.42 Å². The summed E-state index contributed by atoms with van der Waals surface area (Å²) in [6.45, 7) is 0.461. The zero-order chi connectivity index (χ0) is 18.4. The lowest BCUT2D eigenvalue weighted by Crippen LogP contribution is -2.26. The van der Waals surface area contributed by atoms with Crippen molar-refractivity contribution in [2.75, 3.05) is 11.9 Å². The van der Waals surface area contributed by atoms with E-state index in [1.807, 2.05) is 30.3 Å². The highest BCUT2D eigenvalue weighted by atomic mass is 19.1. The van der Waals surface area contributed by atoms with Gasteiger partial charge in [0.25, 0.3) is 5.91 Å². The Bertz CT molecular complexity index is 903. The highest BCUT2D eigenvalue weighted by molar-refractivity contribution is 5.92. The molecule has 1 aromatic heterocycles. The second-order valence-corrected chi connectivity index (χ2v) is 5.53. The molecule has 7 heteroatoms. The number of amides is 1. The number of nitrogens with one attached hydrogen (secondary N) is 2. The Hall–Kier alpha value is -3.35. The molecule has 0 saturated heterocycles. The predicted octanol–water partition coefficient (Wildman–Crippen LogP) is 3.47. The molecule has 0 bridgehead atoms. The molecular formula is C19H16F2N4O. The largest absolute Gasteiger partial charge is 0.350 e. The minimum atomic E-state index is -0.752. The Kier molecular flexibility index (Phi) is 5.48. The average molecular weight is 354 g/mol. The fourth-order valence-corrected chi connectivity index (χ4v) is 2.33. The van der Waals surface area contributed by atoms with Gasteiger partial charge in [-0.15, -0.1) is 0 Å². The second kappa shape index (κ2) is 8.15. The molecule has 0 radical (unpaired) electrons. The first-order chi connectivity index (χ1) is 12.6. The molecule has 26 heavy (non-hydrogen) atoms. The molecule has 0 aliphatic rings. The van der Waals surface area contributed by atoms with Crippen LogP contribution in [0.5, 0.6) is 0 Å². The van der Waals surface area contributed by atoms with Crippen LogP contribution in [0.4, 0.5) is 20.3 Å². The number of hydrogen-bond acceptors (Lipinski definition) is 4. The smallest absolute Gasteiger partial charge is 0.270 e. The molecule has 0 unspecified atom stereocenters. The molecule has 5 nitrogen and oxygen atoms in total. The number of carbonyl (C=O) groups is 1. The number of benzene rings is 2. The summed E-state index contributed by atoms with van der Waals surface area (Å²) in [6.07, 6.45) is 1.90. The van der Waals surface area contributed by atoms with Gasteiger partial charge in [-0.2, -0.15) is 0 Å². The first-order valence-electron chi connectivity index (χ1n) is 7.98. The quantitative estimate of drug-likeness (QED) is 0.711. The van der Waals surface area contributed by atoms with Gasteiger partial charge in [-0.05, 0) is 24.1 Å². The average Bonchev–Trinajstić information content (AvgIpc) is 2.65. The van der Waals surface area contributed by atoms with E-state index in [9.17, 15) is 13.6 Å². The summed E-state index contributed by atoms with van der Waals surface area (Å²) in [5.41, 5.74) is 1.32. The molecule has 132 valence electrons. The fraction of sp³-hybridized carbons (Fsp3) is 0.105. The van der Waals surface area contributed by atoms with Gasteiger partial charge in [0.05, 0.1) is 5.69 Å². The van der Waals surface area contributed by atoms with Gasteiger partial charge < -0.3 is 10.6 Å². The number of hydrogen-bond donors (Lipinski definition) is 2. The number of anilines is 2. The van der Waals surface area contributed by atoms with Crippen molar-refractivity contribution in [3.05, 3.63) is 83.8 Å². The number of halogens is 2. The van der Waals surface area contributed by atoms with Crippen molar-refractivity contribution in [1.82, 2.24) is 15.3 Å². The number of carbonyl (C=O) groups excluding carboxylic acids is 1. The Balaban J connectivity index is 1.62. The normalized spacial score (nSPS) is 10.4. The fourth-order valence-electron chi connectivity index (χ4n) is 2.33. The van der Waals surface area contributed by atoms with E-state index in [-0.39, 0.29) is 23.1 Å². The summed E-state index contributed by atoms with van der Waals surface area (Å²) in [5, 5.41) is 5.48. The maximum absolute atomic E-state index is 13.7. The summed E-state index contributed by atoms with van der Waals surface area (Å²) in [6, 6.07) is 14.3. The summed E-state index contributed by atoms with van der Waals surface area (Å²) < 4.78 is 26.6. The maximum Gasteiger partial charge on any atom is 0.270 e. The minimum Gasteiger partial charge on any atom is -0.350 e. The van der Waals surface area contributed by atoms with Crippen LogP contribution < -0.4 is 10.6 Å². The molecule has 0 atom stereocenters. The van der Waals surface area contributed by atoms with Crippen LogP contribution in [0.1, 0.15) is 16.1 Å². The lowest BCUT2D eigenvalue weighted by Gasteiger charge is -2.08. The highest BCUT2D eigenvalue weighted by Gasteiger charge is 2.10. The number of rotatable bonds is 6. The Morgan fingerprint density at radius 1 is 1.00 bits per heavy atom. The third-order valence-corrected chi connectivity index (χ3v) is 3.64. The monoisotopic (exact) mass is 354 g/mol. The van der Waals surface area contributed by atoms with E-state index in [1.165, 1.54) is 18.5 Å². The lowest BCUT2D eigenvalue weighted by atomic mass is 10.1. The molecule has 2 aromatic carbocycles. The van der Waals surface area contributed by atoms with E-state index in [1.54, 1.807) is 0 Å². The molecule has 1 amide bonds. The van der Waals surface area contributed by atoms with Crippen molar-refractivity contribution < 1.29 is 13.6 Å². The van der Waals surface area contributed by atoms with Crippen LogP contribution in [0, 0.1) is 11.6 Å². The molecule has 3 rings (SSSR count). The molecule has 2 N–H and O–H groups in total. The molecule has 0 aliphatic carbocycles. The third kappa shape index (κ3) is 4.60. The topological polar surface area (TPSA) is 66.9 Å². The van der Waals surface area contributed by atoms with Crippen molar-refractivity contribution in [2.45, 2.75) is 6.42 Å². The van der Waals surface area contributed by atoms with Gasteiger partial charge in [0.15, 0.2) is 0 Å². The van der Waals surface area contributed by atoms with Gasteiger partial charge in [-0.3, -0.25) is 4.79 Å². The van der Waals surface area contributed by atoms with Gasteiger partial charge in [0.2, 0.25) is 0 Å². The summed E-state index contributed by atoms with van der Waals surface area (Å²) in [7, 11) is 0. The van der Waals surface area contributed by atoms with Crippen molar-refractivity contribution >= 4 is 17.4 Å². The van der Waals surface area contributed by atoms with Crippen LogP contribution in [0.15, 0.2) is 60.9 Å². The first kappa shape index (κ1) is 17.5. The Morgan fingerprint density at radius 3 is 2.58 bits per heavy atom. The third-order valence-electron chi connectivity index (χ3n) is 3.64. The van der Waals surface area contributed by atoms with Gasteiger partial charge in [0.1, 0.15) is 29.5 Å². The van der Waals surface area contributed by atoms with Gasteiger partial charge in [-0.25, -0.2) is 18.7 Å². The van der Waals surface area contributed by atoms with Crippen molar-refractivity contribution in [3.8, 4) is 0 Å². The molecular weight excluding hydrogens is 338 g/mol. The van der Waals surface area contributed by atoms with Crippen LogP contribution >= 0.6 is 0 Å². The van der Waals surface area contributed by atoms with Crippen molar-refractivity contribution in [2.24, 2.45) is 0 Å². The van der Waals surface area contributed by atoms with E-state index in [2.05, 4.69) is 20.6 Å². The van der Waals surface area contributed by atoms with Crippen molar-refractivity contribution in [3.63, 3.8) is 0 Å². The first-order valence-corrected chi connectivity index (χ1v) is 7.98. The molecule has 3 aromatic rings. The molecule has 0 saturated carbocycles. The van der Waals surface area contributed by atoms with Gasteiger partial charge in [0, 0.05) is 18.7 Å². The van der Waals surface area contributed by atoms with Crippen molar-refractivity contribution in [1.29, 1.82) is 0 Å². The molecule has 0 fully saturated rings. The standard InChI is InChI=1S/C19H16F2N4O/c20-14-6-7-16(15(21)10-14)25-18-11-17(23-12-24-18)19(26)22-9-8-13-4-2-1-3-5-13/h1-7,10-12H,8-9H2,(H,22,26)(H,23,24,25). The number of aromatic nitrogens is 2. The molecule has 1 heterocycles. The van der Waals surface area contributed by atoms with Crippen LogP contribution in [0.2, 0.25) is 0 Å². The summed E-state index contributed by atoms with van der Waals surface area (Å²) in [4.78, 5) is 20.1. The Labute approximate surface area is 149 Å². The molecule has 0 spiro atoms. The highest BCUT2D eigenvalue weighted by Crippen LogP contribution is 2.19. The van der Waals surface area contributed by atoms with Gasteiger partial charge >= 0.3 is 0 Å². The van der Waals surface area contributed by atoms with E-state index in [4.69, 9.17) is 0 Å². The van der Waals surface area contributed by atoms with E-state index >= 15 is 0 Å². The van der Waals surface area contributed by atoms with Crippen LogP contribution in [-0.4, -0.2) is 22.4 Å². The van der Waals surface area contributed by atoms with Crippen LogP contribution in [0.25, 0.3) is 0 Å². The SMILES string of the molecule is O=C(NCCc1ccccc1)c1cc(Nc2ccc(F)cc2F)ncn1. The zero-order valence-corrected chi connectivity index (χ0v) is 13.7. The van der Waals surface area contributed by atoms with E-state index in [0.29, 0.717) is 13.0 Å².